The van der Waals surface area contributed by atoms with Gasteiger partial charge in [0.1, 0.15) is 17.9 Å². The second-order valence-corrected chi connectivity index (χ2v) is 4.47. The topological polar surface area (TPSA) is 108 Å². The lowest BCUT2D eigenvalue weighted by Gasteiger charge is -2.21. The first-order valence-corrected chi connectivity index (χ1v) is 6.35. The molecular weight excluding hydrogens is 274 g/mol. The van der Waals surface area contributed by atoms with Crippen molar-refractivity contribution >= 4 is 17.7 Å². The van der Waals surface area contributed by atoms with Crippen LogP contribution in [0.2, 0.25) is 0 Å². The molecule has 2 rings (SSSR count). The van der Waals surface area contributed by atoms with Crippen molar-refractivity contribution in [3.05, 3.63) is 29.8 Å². The first-order valence-electron chi connectivity index (χ1n) is 6.35. The van der Waals surface area contributed by atoms with E-state index in [0.29, 0.717) is 11.3 Å². The van der Waals surface area contributed by atoms with Gasteiger partial charge in [-0.3, -0.25) is 19.7 Å². The van der Waals surface area contributed by atoms with E-state index in [0.717, 1.165) is 0 Å². The highest BCUT2D eigenvalue weighted by Crippen LogP contribution is 2.16. The number of hydrogen-bond acceptors (Lipinski definition) is 5. The number of imide groups is 1. The average molecular weight is 287 g/mol. The lowest BCUT2D eigenvalue weighted by molar-refractivity contribution is -0.137. The van der Waals surface area contributed by atoms with Gasteiger partial charge in [0.05, 0.1) is 5.56 Å². The van der Waals surface area contributed by atoms with Crippen molar-refractivity contribution in [3.8, 4) is 11.8 Å². The highest BCUT2D eigenvalue weighted by molar-refractivity contribution is 6.01. The summed E-state index contributed by atoms with van der Waals surface area (Å²) in [4.78, 5) is 34.2. The third kappa shape index (κ3) is 3.79. The predicted molar refractivity (Wildman–Crippen MR) is 71.0 cm³/mol. The zero-order chi connectivity index (χ0) is 15.2. The predicted octanol–water partition coefficient (Wildman–Crippen LogP) is -0.142. The third-order valence-corrected chi connectivity index (χ3v) is 2.94. The van der Waals surface area contributed by atoms with E-state index in [1.165, 1.54) is 0 Å². The van der Waals surface area contributed by atoms with Crippen LogP contribution in [0.3, 0.4) is 0 Å². The quantitative estimate of drug-likeness (QED) is 0.749. The minimum atomic E-state index is -0.731. The van der Waals surface area contributed by atoms with Gasteiger partial charge in [0.2, 0.25) is 11.8 Å². The van der Waals surface area contributed by atoms with Crippen molar-refractivity contribution in [1.29, 1.82) is 5.26 Å². The molecule has 1 aliphatic heterocycles. The van der Waals surface area contributed by atoms with E-state index in [-0.39, 0.29) is 25.4 Å². The van der Waals surface area contributed by atoms with Crippen LogP contribution in [0.4, 0.5) is 0 Å². The molecule has 1 fully saturated rings. The number of amides is 3. The van der Waals surface area contributed by atoms with Crippen molar-refractivity contribution in [2.75, 3.05) is 6.61 Å². The van der Waals surface area contributed by atoms with Crippen LogP contribution < -0.4 is 15.4 Å². The maximum atomic E-state index is 11.7. The molecule has 21 heavy (non-hydrogen) atoms. The SMILES string of the molecule is N#Cc1ccccc1OCC(=O)NC1CCC(=O)NC1=O. The Labute approximate surface area is 120 Å². The molecule has 1 aromatic carbocycles. The van der Waals surface area contributed by atoms with Crippen LogP contribution in [0.15, 0.2) is 24.3 Å². The highest BCUT2D eigenvalue weighted by Gasteiger charge is 2.27. The number of hydrogen-bond donors (Lipinski definition) is 2. The first-order chi connectivity index (χ1) is 10.1. The molecule has 2 N–H and O–H groups in total. The molecule has 1 heterocycles. The zero-order valence-electron chi connectivity index (χ0n) is 11.1. The van der Waals surface area contributed by atoms with Crippen LogP contribution in [0.5, 0.6) is 5.75 Å². The normalized spacial score (nSPS) is 17.6. The van der Waals surface area contributed by atoms with Crippen molar-refractivity contribution in [3.63, 3.8) is 0 Å². The van der Waals surface area contributed by atoms with Gasteiger partial charge in [-0.2, -0.15) is 5.26 Å². The summed E-state index contributed by atoms with van der Waals surface area (Å²) in [7, 11) is 0. The van der Waals surface area contributed by atoms with Gasteiger partial charge in [0.15, 0.2) is 6.61 Å². The molecule has 1 aliphatic rings. The second-order valence-electron chi connectivity index (χ2n) is 4.47. The van der Waals surface area contributed by atoms with Gasteiger partial charge in [-0.15, -0.1) is 0 Å². The molecule has 108 valence electrons. The second kappa shape index (κ2) is 6.52. The maximum Gasteiger partial charge on any atom is 0.258 e. The van der Waals surface area contributed by atoms with Crippen LogP contribution in [0.25, 0.3) is 0 Å². The Hall–Kier alpha value is -2.88. The maximum absolute atomic E-state index is 11.7. The van der Waals surface area contributed by atoms with E-state index in [9.17, 15) is 14.4 Å². The number of para-hydroxylation sites is 1. The molecule has 0 bridgehead atoms. The van der Waals surface area contributed by atoms with Crippen LogP contribution in [0.1, 0.15) is 18.4 Å². The van der Waals surface area contributed by atoms with Crippen molar-refractivity contribution in [2.24, 2.45) is 0 Å². The van der Waals surface area contributed by atoms with Crippen LogP contribution in [-0.2, 0) is 14.4 Å². The minimum absolute atomic E-state index is 0.189. The third-order valence-electron chi connectivity index (χ3n) is 2.94. The first kappa shape index (κ1) is 14.5. The Morgan fingerprint density at radius 3 is 2.90 bits per heavy atom. The molecule has 0 aliphatic carbocycles. The highest BCUT2D eigenvalue weighted by atomic mass is 16.5. The number of nitrogens with one attached hydrogen (secondary N) is 2. The molecular formula is C14H13N3O4. The average Bonchev–Trinajstić information content (AvgIpc) is 2.48. The van der Waals surface area contributed by atoms with Crippen molar-refractivity contribution in [2.45, 2.75) is 18.9 Å². The number of ether oxygens (including phenoxy) is 1. The summed E-state index contributed by atoms with van der Waals surface area (Å²) < 4.78 is 5.25. The van der Waals surface area contributed by atoms with Gasteiger partial charge in [0.25, 0.3) is 5.91 Å². The lowest BCUT2D eigenvalue weighted by Crippen LogP contribution is -2.53. The lowest BCUT2D eigenvalue weighted by atomic mass is 10.1. The van der Waals surface area contributed by atoms with E-state index in [1.807, 2.05) is 6.07 Å². The Morgan fingerprint density at radius 2 is 2.19 bits per heavy atom. The van der Waals surface area contributed by atoms with E-state index in [2.05, 4.69) is 10.6 Å². The van der Waals surface area contributed by atoms with E-state index >= 15 is 0 Å². The molecule has 0 radical (unpaired) electrons. The molecule has 0 aromatic heterocycles. The smallest absolute Gasteiger partial charge is 0.258 e. The van der Waals surface area contributed by atoms with Gasteiger partial charge in [-0.25, -0.2) is 0 Å². The standard InChI is InChI=1S/C14H13N3O4/c15-7-9-3-1-2-4-11(9)21-8-13(19)16-10-5-6-12(18)17-14(10)20/h1-4,10H,5-6,8H2,(H,16,19)(H,17,18,20). The summed E-state index contributed by atoms with van der Waals surface area (Å²) in [5.41, 5.74) is 0.325. The van der Waals surface area contributed by atoms with Crippen LogP contribution in [-0.4, -0.2) is 30.4 Å². The number of rotatable bonds is 4. The van der Waals surface area contributed by atoms with Gasteiger partial charge in [0, 0.05) is 6.42 Å². The fourth-order valence-electron chi connectivity index (χ4n) is 1.90. The Kier molecular flexibility index (Phi) is 4.51. The monoisotopic (exact) mass is 287 g/mol. The molecule has 1 aromatic rings. The number of piperidine rings is 1. The van der Waals surface area contributed by atoms with Crippen LogP contribution >= 0.6 is 0 Å². The molecule has 1 saturated heterocycles. The number of nitrogens with zero attached hydrogens (tertiary/aromatic N) is 1. The minimum Gasteiger partial charge on any atom is -0.482 e. The molecule has 7 nitrogen and oxygen atoms in total. The molecule has 3 amide bonds. The van der Waals surface area contributed by atoms with Gasteiger partial charge in [-0.1, -0.05) is 12.1 Å². The molecule has 0 saturated carbocycles. The summed E-state index contributed by atoms with van der Waals surface area (Å²) in [6.45, 7) is -0.309. The van der Waals surface area contributed by atoms with Crippen molar-refractivity contribution in [1.82, 2.24) is 10.6 Å². The summed E-state index contributed by atoms with van der Waals surface area (Å²) in [6, 6.07) is 7.76. The van der Waals surface area contributed by atoms with E-state index in [1.54, 1.807) is 24.3 Å². The molecule has 0 spiro atoms. The largest absolute Gasteiger partial charge is 0.482 e. The number of nitriles is 1. The Morgan fingerprint density at radius 1 is 1.43 bits per heavy atom. The van der Waals surface area contributed by atoms with Gasteiger partial charge >= 0.3 is 0 Å². The molecule has 1 atom stereocenters. The summed E-state index contributed by atoms with van der Waals surface area (Å²) >= 11 is 0. The van der Waals surface area contributed by atoms with Crippen LogP contribution in [0, 0.1) is 11.3 Å². The molecule has 7 heteroatoms. The van der Waals surface area contributed by atoms with Crippen molar-refractivity contribution < 1.29 is 19.1 Å². The summed E-state index contributed by atoms with van der Waals surface area (Å²) in [5.74, 6) is -1.04. The number of carbonyl (C=O) groups excluding carboxylic acids is 3. The summed E-state index contributed by atoms with van der Waals surface area (Å²) in [6.07, 6.45) is 0.458. The fraction of sp³-hybridized carbons (Fsp3) is 0.286. The zero-order valence-corrected chi connectivity index (χ0v) is 11.1. The molecule has 1 unspecified atom stereocenters. The number of carbonyl (C=O) groups is 3. The Bertz CT molecular complexity index is 621. The Balaban J connectivity index is 1.87. The van der Waals surface area contributed by atoms with Gasteiger partial charge in [-0.05, 0) is 18.6 Å². The van der Waals surface area contributed by atoms with E-state index < -0.39 is 17.9 Å². The number of benzene rings is 1. The van der Waals surface area contributed by atoms with Gasteiger partial charge < -0.3 is 10.1 Å². The van der Waals surface area contributed by atoms with E-state index in [4.69, 9.17) is 10.00 Å². The summed E-state index contributed by atoms with van der Waals surface area (Å²) in [5, 5.41) is 13.5. The fourth-order valence-corrected chi connectivity index (χ4v) is 1.90.